The minimum atomic E-state index is -0.380. The van der Waals surface area contributed by atoms with Gasteiger partial charge in [-0.15, -0.1) is 0 Å². The van der Waals surface area contributed by atoms with Crippen molar-refractivity contribution in [3.63, 3.8) is 0 Å². The number of carbonyl (C=O) groups excluding carboxylic acids is 2. The van der Waals surface area contributed by atoms with Gasteiger partial charge in [0.15, 0.2) is 0 Å². The van der Waals surface area contributed by atoms with Crippen LogP contribution < -0.4 is 10.9 Å². The maximum absolute atomic E-state index is 13.0. The summed E-state index contributed by atoms with van der Waals surface area (Å²) >= 11 is 0. The van der Waals surface area contributed by atoms with Gasteiger partial charge >= 0.3 is 0 Å². The molecular weight excluding hydrogens is 392 g/mol. The molecule has 0 aliphatic carbocycles. The highest BCUT2D eigenvalue weighted by atomic mass is 16.2. The van der Waals surface area contributed by atoms with Crippen molar-refractivity contribution in [3.8, 4) is 11.3 Å². The zero-order chi connectivity index (χ0) is 22.1. The number of anilines is 1. The molecular formula is C24H26N4O3. The standard InChI is InChI=1S/C24H26N4O3/c1-14-10-15(2)13-28(12-14)24(31)17-8-9-20-21(11-17)27-23(30)22(26-20)18-6-4-5-7-19(18)25-16(3)29/h4-9,11,14-15H,10,12-13H2,1-3H3,(H,25,29)(H,27,30). The number of likely N-dealkylation sites (tertiary alicyclic amines) is 1. The molecule has 7 nitrogen and oxygen atoms in total. The van der Waals surface area contributed by atoms with E-state index in [4.69, 9.17) is 0 Å². The fourth-order valence-corrected chi connectivity index (χ4v) is 4.40. The molecule has 1 aliphatic heterocycles. The molecule has 160 valence electrons. The Morgan fingerprint density at radius 2 is 1.81 bits per heavy atom. The lowest BCUT2D eigenvalue weighted by Crippen LogP contribution is -2.42. The van der Waals surface area contributed by atoms with Gasteiger partial charge in [0.2, 0.25) is 5.91 Å². The second-order valence-electron chi connectivity index (χ2n) is 8.53. The van der Waals surface area contributed by atoms with E-state index in [0.717, 1.165) is 19.5 Å². The third-order valence-corrected chi connectivity index (χ3v) is 5.59. The molecule has 7 heteroatoms. The first-order valence-electron chi connectivity index (χ1n) is 10.5. The number of carbonyl (C=O) groups is 2. The minimum Gasteiger partial charge on any atom is -0.338 e. The molecule has 2 unspecified atom stereocenters. The van der Waals surface area contributed by atoms with Crippen molar-refractivity contribution in [1.82, 2.24) is 14.9 Å². The normalized spacial score (nSPS) is 18.7. The number of hydrogen-bond donors (Lipinski definition) is 2. The van der Waals surface area contributed by atoms with Crippen molar-refractivity contribution in [1.29, 1.82) is 0 Å². The summed E-state index contributed by atoms with van der Waals surface area (Å²) in [4.78, 5) is 46.6. The molecule has 2 amide bonds. The zero-order valence-electron chi connectivity index (χ0n) is 17.9. The fourth-order valence-electron chi connectivity index (χ4n) is 4.40. The van der Waals surface area contributed by atoms with Gasteiger partial charge in [-0.25, -0.2) is 4.98 Å². The average molecular weight is 418 g/mol. The second-order valence-corrected chi connectivity index (χ2v) is 8.53. The lowest BCUT2D eigenvalue weighted by molar-refractivity contribution is -0.114. The lowest BCUT2D eigenvalue weighted by atomic mass is 9.91. The van der Waals surface area contributed by atoms with E-state index in [9.17, 15) is 14.4 Å². The Kier molecular flexibility index (Phi) is 5.59. The average Bonchev–Trinajstić information content (AvgIpc) is 2.72. The van der Waals surface area contributed by atoms with Gasteiger partial charge < -0.3 is 15.2 Å². The SMILES string of the molecule is CC(=O)Nc1ccccc1-c1nc2ccc(C(=O)N3CC(C)CC(C)C3)cc2[nH]c1=O. The van der Waals surface area contributed by atoms with Crippen molar-refractivity contribution < 1.29 is 9.59 Å². The first-order valence-corrected chi connectivity index (χ1v) is 10.5. The van der Waals surface area contributed by atoms with Gasteiger partial charge in [0.25, 0.3) is 11.5 Å². The van der Waals surface area contributed by atoms with Gasteiger partial charge in [0.1, 0.15) is 5.69 Å². The van der Waals surface area contributed by atoms with Crippen LogP contribution in [0.4, 0.5) is 5.69 Å². The molecule has 0 spiro atoms. The first kappa shape index (κ1) is 20.8. The van der Waals surface area contributed by atoms with E-state index in [0.29, 0.717) is 39.7 Å². The van der Waals surface area contributed by atoms with E-state index in [-0.39, 0.29) is 23.1 Å². The molecule has 1 saturated heterocycles. The Bertz CT molecular complexity index is 1210. The molecule has 1 aliphatic rings. The number of aromatic nitrogens is 2. The summed E-state index contributed by atoms with van der Waals surface area (Å²) in [5.41, 5.74) is 2.52. The molecule has 0 bridgehead atoms. The molecule has 4 rings (SSSR count). The summed E-state index contributed by atoms with van der Waals surface area (Å²) < 4.78 is 0. The van der Waals surface area contributed by atoms with Crippen LogP contribution in [0.1, 0.15) is 37.6 Å². The molecule has 2 aromatic carbocycles. The molecule has 2 N–H and O–H groups in total. The van der Waals surface area contributed by atoms with E-state index in [1.807, 2.05) is 4.90 Å². The van der Waals surface area contributed by atoms with Crippen LogP contribution in [0.5, 0.6) is 0 Å². The Balaban J connectivity index is 1.70. The van der Waals surface area contributed by atoms with E-state index >= 15 is 0 Å². The van der Waals surface area contributed by atoms with E-state index in [2.05, 4.69) is 29.1 Å². The van der Waals surface area contributed by atoms with Crippen molar-refractivity contribution in [3.05, 3.63) is 58.4 Å². The number of fused-ring (bicyclic) bond motifs is 1. The van der Waals surface area contributed by atoms with Gasteiger partial charge in [-0.2, -0.15) is 0 Å². The minimum absolute atomic E-state index is 0.0266. The number of H-pyrrole nitrogens is 1. The summed E-state index contributed by atoms with van der Waals surface area (Å²) in [6.45, 7) is 7.23. The molecule has 3 aromatic rings. The molecule has 1 aromatic heterocycles. The Morgan fingerprint density at radius 1 is 1.10 bits per heavy atom. The molecule has 1 fully saturated rings. The number of para-hydroxylation sites is 1. The molecule has 2 atom stereocenters. The second kappa shape index (κ2) is 8.34. The number of piperidine rings is 1. The van der Waals surface area contributed by atoms with Gasteiger partial charge in [-0.1, -0.05) is 32.0 Å². The Labute approximate surface area is 180 Å². The van der Waals surface area contributed by atoms with Gasteiger partial charge in [0, 0.05) is 31.1 Å². The number of amides is 2. The number of nitrogens with zero attached hydrogens (tertiary/aromatic N) is 2. The summed E-state index contributed by atoms with van der Waals surface area (Å²) in [6.07, 6.45) is 1.13. The number of benzene rings is 2. The largest absolute Gasteiger partial charge is 0.338 e. The summed E-state index contributed by atoms with van der Waals surface area (Å²) in [6, 6.07) is 12.2. The maximum atomic E-state index is 13.0. The Morgan fingerprint density at radius 3 is 2.52 bits per heavy atom. The van der Waals surface area contributed by atoms with Crippen LogP contribution >= 0.6 is 0 Å². The van der Waals surface area contributed by atoms with E-state index in [1.165, 1.54) is 6.92 Å². The summed E-state index contributed by atoms with van der Waals surface area (Å²) in [5, 5.41) is 2.73. The maximum Gasteiger partial charge on any atom is 0.275 e. The van der Waals surface area contributed by atoms with Gasteiger partial charge in [-0.3, -0.25) is 14.4 Å². The highest BCUT2D eigenvalue weighted by Gasteiger charge is 2.26. The molecule has 0 saturated carbocycles. The topological polar surface area (TPSA) is 95.2 Å². The van der Waals surface area contributed by atoms with Crippen LogP contribution in [0.2, 0.25) is 0 Å². The van der Waals surface area contributed by atoms with E-state index in [1.54, 1.807) is 42.5 Å². The molecule has 2 heterocycles. The van der Waals surface area contributed by atoms with Gasteiger partial charge in [-0.05, 0) is 42.5 Å². The highest BCUT2D eigenvalue weighted by molar-refractivity contribution is 5.98. The number of aromatic amines is 1. The van der Waals surface area contributed by atoms with Crippen molar-refractivity contribution >= 4 is 28.5 Å². The van der Waals surface area contributed by atoms with Crippen LogP contribution in [0.15, 0.2) is 47.3 Å². The monoisotopic (exact) mass is 418 g/mol. The van der Waals surface area contributed by atoms with Crippen LogP contribution in [0.3, 0.4) is 0 Å². The predicted molar refractivity (Wildman–Crippen MR) is 121 cm³/mol. The van der Waals surface area contributed by atoms with E-state index < -0.39 is 0 Å². The van der Waals surface area contributed by atoms with Crippen LogP contribution in [0, 0.1) is 11.8 Å². The molecule has 31 heavy (non-hydrogen) atoms. The predicted octanol–water partition coefficient (Wildman–Crippen LogP) is 3.67. The van der Waals surface area contributed by atoms with Crippen molar-refractivity contribution in [2.45, 2.75) is 27.2 Å². The van der Waals surface area contributed by atoms with Gasteiger partial charge in [0.05, 0.1) is 16.7 Å². The van der Waals surface area contributed by atoms with Crippen molar-refractivity contribution in [2.24, 2.45) is 11.8 Å². The lowest BCUT2D eigenvalue weighted by Gasteiger charge is -2.35. The first-order chi connectivity index (χ1) is 14.8. The number of hydrogen-bond acceptors (Lipinski definition) is 4. The number of rotatable bonds is 3. The van der Waals surface area contributed by atoms with Crippen LogP contribution in [-0.4, -0.2) is 39.8 Å². The highest BCUT2D eigenvalue weighted by Crippen LogP contribution is 2.26. The summed E-state index contributed by atoms with van der Waals surface area (Å²) in [5.74, 6) is 0.692. The third kappa shape index (κ3) is 4.35. The quantitative estimate of drug-likeness (QED) is 0.678. The smallest absolute Gasteiger partial charge is 0.275 e. The van der Waals surface area contributed by atoms with Crippen LogP contribution in [-0.2, 0) is 4.79 Å². The fraction of sp³-hybridized carbons (Fsp3) is 0.333. The zero-order valence-corrected chi connectivity index (χ0v) is 17.9. The van der Waals surface area contributed by atoms with Crippen molar-refractivity contribution in [2.75, 3.05) is 18.4 Å². The number of nitrogens with one attached hydrogen (secondary N) is 2. The molecule has 0 radical (unpaired) electrons. The third-order valence-electron chi connectivity index (χ3n) is 5.59. The van der Waals surface area contributed by atoms with Crippen LogP contribution in [0.25, 0.3) is 22.3 Å². The Hall–Kier alpha value is -3.48. The summed E-state index contributed by atoms with van der Waals surface area (Å²) in [7, 11) is 0.